The third kappa shape index (κ3) is 3.18. The maximum Gasteiger partial charge on any atom is 0.258 e. The Morgan fingerprint density at radius 2 is 1.81 bits per heavy atom. The number of sulfonamides is 1. The molecule has 3 rings (SSSR count). The lowest BCUT2D eigenvalue weighted by molar-refractivity contribution is 0.519. The van der Waals surface area contributed by atoms with E-state index in [1.54, 1.807) is 25.1 Å². The highest BCUT2D eigenvalue weighted by Crippen LogP contribution is 2.11. The van der Waals surface area contributed by atoms with Gasteiger partial charge in [-0.2, -0.15) is 0 Å². The molecule has 0 saturated heterocycles. The zero-order valence-electron chi connectivity index (χ0n) is 14.6. The lowest BCUT2D eigenvalue weighted by atomic mass is 10.3. The predicted octanol–water partition coefficient (Wildman–Crippen LogP) is 0.463. The minimum absolute atomic E-state index is 0.00421. The number of nitrogens with zero attached hydrogens (tertiary/aromatic N) is 4. The van der Waals surface area contributed by atoms with Crippen LogP contribution in [0.25, 0.3) is 5.65 Å². The molecule has 0 aromatic carbocycles. The first-order valence-electron chi connectivity index (χ1n) is 7.81. The molecular formula is C17H18N4O4S. The van der Waals surface area contributed by atoms with Gasteiger partial charge in [0.05, 0.1) is 17.1 Å². The Bertz CT molecular complexity index is 1210. The van der Waals surface area contributed by atoms with Crippen molar-refractivity contribution in [1.82, 2.24) is 18.3 Å². The first-order chi connectivity index (χ1) is 12.2. The predicted molar refractivity (Wildman–Crippen MR) is 96.9 cm³/mol. The lowest BCUT2D eigenvalue weighted by Crippen LogP contribution is -2.27. The Hall–Kier alpha value is -2.78. The Labute approximate surface area is 150 Å². The van der Waals surface area contributed by atoms with Gasteiger partial charge in [0.15, 0.2) is 0 Å². The molecule has 3 heterocycles. The van der Waals surface area contributed by atoms with Crippen molar-refractivity contribution in [2.45, 2.75) is 18.4 Å². The van der Waals surface area contributed by atoms with Gasteiger partial charge < -0.3 is 4.57 Å². The summed E-state index contributed by atoms with van der Waals surface area (Å²) in [5.41, 5.74) is 0.963. The van der Waals surface area contributed by atoms with E-state index in [9.17, 15) is 18.0 Å². The molecule has 0 saturated carbocycles. The van der Waals surface area contributed by atoms with Gasteiger partial charge in [0.1, 0.15) is 5.65 Å². The topological polar surface area (TPSA) is 93.8 Å². The average Bonchev–Trinajstić information content (AvgIpc) is 2.56. The van der Waals surface area contributed by atoms with E-state index in [0.717, 1.165) is 10.00 Å². The molecule has 8 nitrogen and oxygen atoms in total. The van der Waals surface area contributed by atoms with Crippen molar-refractivity contribution >= 4 is 15.7 Å². The second-order valence-electron chi connectivity index (χ2n) is 6.06. The van der Waals surface area contributed by atoms with E-state index in [1.165, 1.54) is 47.5 Å². The maximum absolute atomic E-state index is 12.3. The largest absolute Gasteiger partial charge is 0.308 e. The van der Waals surface area contributed by atoms with E-state index < -0.39 is 10.0 Å². The highest BCUT2D eigenvalue weighted by atomic mass is 32.2. The fourth-order valence-corrected chi connectivity index (χ4v) is 3.54. The quantitative estimate of drug-likeness (QED) is 0.661. The number of aryl methyl sites for hydroxylation is 1. The van der Waals surface area contributed by atoms with Crippen LogP contribution in [0.15, 0.2) is 57.1 Å². The molecule has 0 aliphatic rings. The Morgan fingerprint density at radius 3 is 2.50 bits per heavy atom. The summed E-state index contributed by atoms with van der Waals surface area (Å²) in [5.74, 6) is 0. The summed E-state index contributed by atoms with van der Waals surface area (Å²) < 4.78 is 28.3. The minimum Gasteiger partial charge on any atom is -0.308 e. The summed E-state index contributed by atoms with van der Waals surface area (Å²) >= 11 is 0. The standard InChI is InChI=1S/C17H18N4O4S/c1-12-5-4-6-15-18-13(9-17(23)21(12)15)10-20-11-14(7-8-16(20)22)26(24,25)19(2)3/h4-9,11H,10H2,1-3H3. The molecule has 3 aromatic rings. The number of hydrogen-bond donors (Lipinski definition) is 0. The number of rotatable bonds is 4. The molecule has 0 bridgehead atoms. The molecule has 0 atom stereocenters. The van der Waals surface area contributed by atoms with Crippen LogP contribution in [0.3, 0.4) is 0 Å². The fraction of sp³-hybridized carbons (Fsp3) is 0.235. The van der Waals surface area contributed by atoms with E-state index in [1.807, 2.05) is 0 Å². The van der Waals surface area contributed by atoms with Crippen LogP contribution in [0.2, 0.25) is 0 Å². The molecule has 0 fully saturated rings. The van der Waals surface area contributed by atoms with Gasteiger partial charge in [-0.25, -0.2) is 17.7 Å². The zero-order chi connectivity index (χ0) is 19.1. The lowest BCUT2D eigenvalue weighted by Gasteiger charge is -2.13. The van der Waals surface area contributed by atoms with Crippen molar-refractivity contribution in [1.29, 1.82) is 0 Å². The summed E-state index contributed by atoms with van der Waals surface area (Å²) in [4.78, 5) is 28.9. The molecule has 0 radical (unpaired) electrons. The molecule has 0 amide bonds. The molecule has 0 aliphatic carbocycles. The zero-order valence-corrected chi connectivity index (χ0v) is 15.4. The molecule has 0 N–H and O–H groups in total. The number of fused-ring (bicyclic) bond motifs is 1. The van der Waals surface area contributed by atoms with Crippen LogP contribution in [0.1, 0.15) is 11.4 Å². The Kier molecular flexibility index (Phi) is 4.51. The van der Waals surface area contributed by atoms with Crippen LogP contribution in [0, 0.1) is 6.92 Å². The smallest absolute Gasteiger partial charge is 0.258 e. The van der Waals surface area contributed by atoms with Gasteiger partial charge in [0.2, 0.25) is 10.0 Å². The molecule has 136 valence electrons. The van der Waals surface area contributed by atoms with Crippen molar-refractivity contribution in [3.8, 4) is 0 Å². The molecule has 0 unspecified atom stereocenters. The van der Waals surface area contributed by atoms with Crippen LogP contribution in [0.5, 0.6) is 0 Å². The number of aromatic nitrogens is 3. The number of pyridine rings is 2. The van der Waals surface area contributed by atoms with Crippen LogP contribution < -0.4 is 11.1 Å². The second kappa shape index (κ2) is 6.50. The van der Waals surface area contributed by atoms with Crippen molar-refractivity contribution in [2.24, 2.45) is 0 Å². The summed E-state index contributed by atoms with van der Waals surface area (Å²) in [5, 5.41) is 0. The fourth-order valence-electron chi connectivity index (χ4n) is 2.62. The van der Waals surface area contributed by atoms with Crippen molar-refractivity contribution in [3.05, 3.63) is 74.7 Å². The SMILES string of the molecule is Cc1cccc2nc(Cn3cc(S(=O)(=O)N(C)C)ccc3=O)cc(=O)n12. The first kappa shape index (κ1) is 18.0. The summed E-state index contributed by atoms with van der Waals surface area (Å²) in [7, 11) is -0.838. The van der Waals surface area contributed by atoms with Crippen molar-refractivity contribution in [3.63, 3.8) is 0 Å². The monoisotopic (exact) mass is 374 g/mol. The average molecular weight is 374 g/mol. The normalized spacial score (nSPS) is 12.0. The van der Waals surface area contributed by atoms with E-state index in [0.29, 0.717) is 11.3 Å². The van der Waals surface area contributed by atoms with Crippen LogP contribution in [-0.4, -0.2) is 40.8 Å². The van der Waals surface area contributed by atoms with E-state index in [-0.39, 0.29) is 22.6 Å². The molecule has 3 aromatic heterocycles. The summed E-state index contributed by atoms with van der Waals surface area (Å²) in [6, 6.07) is 9.09. The summed E-state index contributed by atoms with van der Waals surface area (Å²) in [6.07, 6.45) is 1.26. The van der Waals surface area contributed by atoms with E-state index >= 15 is 0 Å². The third-order valence-electron chi connectivity index (χ3n) is 4.00. The van der Waals surface area contributed by atoms with Crippen LogP contribution in [0.4, 0.5) is 0 Å². The second-order valence-corrected chi connectivity index (χ2v) is 8.22. The van der Waals surface area contributed by atoms with Crippen molar-refractivity contribution in [2.75, 3.05) is 14.1 Å². The minimum atomic E-state index is -3.67. The van der Waals surface area contributed by atoms with E-state index in [4.69, 9.17) is 0 Å². The maximum atomic E-state index is 12.3. The molecule has 0 spiro atoms. The summed E-state index contributed by atoms with van der Waals surface area (Å²) in [6.45, 7) is 1.80. The van der Waals surface area contributed by atoms with Crippen molar-refractivity contribution < 1.29 is 8.42 Å². The van der Waals surface area contributed by atoms with Gasteiger partial charge in [-0.1, -0.05) is 6.07 Å². The van der Waals surface area contributed by atoms with Gasteiger partial charge in [-0.15, -0.1) is 0 Å². The van der Waals surface area contributed by atoms with Crippen LogP contribution >= 0.6 is 0 Å². The molecule has 9 heteroatoms. The van der Waals surface area contributed by atoms with Gasteiger partial charge in [-0.05, 0) is 25.1 Å². The van der Waals surface area contributed by atoms with E-state index in [2.05, 4.69) is 4.98 Å². The number of hydrogen-bond acceptors (Lipinski definition) is 5. The van der Waals surface area contributed by atoms with Gasteiger partial charge in [0.25, 0.3) is 11.1 Å². The Morgan fingerprint density at radius 1 is 1.08 bits per heavy atom. The first-order valence-corrected chi connectivity index (χ1v) is 9.25. The third-order valence-corrected chi connectivity index (χ3v) is 5.80. The highest BCUT2D eigenvalue weighted by Gasteiger charge is 2.18. The highest BCUT2D eigenvalue weighted by molar-refractivity contribution is 7.89. The molecule has 26 heavy (non-hydrogen) atoms. The molecular weight excluding hydrogens is 356 g/mol. The molecule has 0 aliphatic heterocycles. The Balaban J connectivity index is 2.09. The van der Waals surface area contributed by atoms with Crippen LogP contribution in [-0.2, 0) is 16.6 Å². The van der Waals surface area contributed by atoms with Gasteiger partial charge in [-0.3, -0.25) is 14.0 Å². The van der Waals surface area contributed by atoms with Gasteiger partial charge in [0, 0.05) is 38.1 Å². The van der Waals surface area contributed by atoms with Gasteiger partial charge >= 0.3 is 0 Å².